The van der Waals surface area contributed by atoms with E-state index >= 15 is 0 Å². The van der Waals surface area contributed by atoms with Crippen LogP contribution in [-0.4, -0.2) is 30.1 Å². The molecule has 1 aliphatic rings. The smallest absolute Gasteiger partial charge is 0.149 e. The number of alkyl halides is 1. The van der Waals surface area contributed by atoms with Crippen LogP contribution in [0, 0.1) is 0 Å². The summed E-state index contributed by atoms with van der Waals surface area (Å²) in [5, 5.41) is 9.10. The zero-order valence-corrected chi connectivity index (χ0v) is 8.20. The molecule has 76 valence electrons. The summed E-state index contributed by atoms with van der Waals surface area (Å²) < 4.78 is 14.3. The van der Waals surface area contributed by atoms with Crippen LogP contribution in [0.2, 0.25) is 0 Å². The number of halogens is 1. The molecule has 14 heavy (non-hydrogen) atoms. The fraction of sp³-hybridized carbons (Fsp3) is 0.455. The summed E-state index contributed by atoms with van der Waals surface area (Å²) in [6, 6.07) is 6.40. The molecule has 2 nitrogen and oxygen atoms in total. The van der Waals surface area contributed by atoms with Crippen molar-refractivity contribution in [2.75, 3.05) is 20.1 Å². The van der Waals surface area contributed by atoms with Gasteiger partial charge in [-0.05, 0) is 31.2 Å². The molecule has 1 fully saturated rings. The second-order valence-corrected chi connectivity index (χ2v) is 4.00. The third kappa shape index (κ3) is 1.60. The summed E-state index contributed by atoms with van der Waals surface area (Å²) in [6.07, 6.45) is 0.536. The lowest BCUT2D eigenvalue weighted by atomic mass is 9.95. The molecule has 1 heterocycles. The van der Waals surface area contributed by atoms with Gasteiger partial charge in [0.05, 0.1) is 0 Å². The maximum atomic E-state index is 14.3. The maximum absolute atomic E-state index is 14.3. The summed E-state index contributed by atoms with van der Waals surface area (Å²) >= 11 is 0. The van der Waals surface area contributed by atoms with Gasteiger partial charge in [-0.2, -0.15) is 0 Å². The van der Waals surface area contributed by atoms with Gasteiger partial charge in [0.1, 0.15) is 11.4 Å². The number of aromatic hydroxyl groups is 1. The number of phenolic OH excluding ortho intramolecular Hbond substituents is 1. The highest BCUT2D eigenvalue weighted by atomic mass is 19.1. The van der Waals surface area contributed by atoms with E-state index < -0.39 is 5.67 Å². The van der Waals surface area contributed by atoms with Gasteiger partial charge < -0.3 is 10.0 Å². The summed E-state index contributed by atoms with van der Waals surface area (Å²) in [6.45, 7) is 1.23. The van der Waals surface area contributed by atoms with E-state index in [1.54, 1.807) is 12.1 Å². The molecule has 0 amide bonds. The molecule has 0 aromatic heterocycles. The van der Waals surface area contributed by atoms with Crippen LogP contribution in [0.25, 0.3) is 0 Å². The molecule has 1 aromatic carbocycles. The van der Waals surface area contributed by atoms with Crippen LogP contribution in [0.1, 0.15) is 12.0 Å². The van der Waals surface area contributed by atoms with Gasteiger partial charge in [0.2, 0.25) is 0 Å². The van der Waals surface area contributed by atoms with Crippen LogP contribution < -0.4 is 0 Å². The van der Waals surface area contributed by atoms with Crippen molar-refractivity contribution in [3.63, 3.8) is 0 Å². The standard InChI is InChI=1S/C11H14FNO/c1-13-7-6-11(12,8-13)9-2-4-10(14)5-3-9/h2-5,14H,6-8H2,1H3. The Labute approximate surface area is 83.0 Å². The fourth-order valence-electron chi connectivity index (χ4n) is 1.95. The van der Waals surface area contributed by atoms with Crippen LogP contribution in [-0.2, 0) is 5.67 Å². The first-order valence-electron chi connectivity index (χ1n) is 4.77. The fourth-order valence-corrected chi connectivity index (χ4v) is 1.95. The van der Waals surface area contributed by atoms with Crippen LogP contribution >= 0.6 is 0 Å². The minimum Gasteiger partial charge on any atom is -0.508 e. The number of phenols is 1. The Balaban J connectivity index is 2.26. The van der Waals surface area contributed by atoms with E-state index in [1.165, 1.54) is 12.1 Å². The zero-order chi connectivity index (χ0) is 10.2. The minimum absolute atomic E-state index is 0.184. The number of benzene rings is 1. The quantitative estimate of drug-likeness (QED) is 0.739. The van der Waals surface area contributed by atoms with E-state index in [4.69, 9.17) is 5.11 Å². The number of likely N-dealkylation sites (tertiary alicyclic amines) is 1. The Bertz CT molecular complexity index is 325. The average Bonchev–Trinajstić information content (AvgIpc) is 2.48. The molecule has 0 radical (unpaired) electrons. The van der Waals surface area contributed by atoms with E-state index in [0.29, 0.717) is 18.5 Å². The zero-order valence-electron chi connectivity index (χ0n) is 8.20. The molecule has 1 N–H and O–H groups in total. The first kappa shape index (κ1) is 9.46. The summed E-state index contributed by atoms with van der Waals surface area (Å²) in [5.41, 5.74) is -0.567. The van der Waals surface area contributed by atoms with Gasteiger partial charge in [0.25, 0.3) is 0 Å². The summed E-state index contributed by atoms with van der Waals surface area (Å²) in [5.74, 6) is 0.184. The van der Waals surface area contributed by atoms with Gasteiger partial charge in [0.15, 0.2) is 0 Å². The van der Waals surface area contributed by atoms with Crippen LogP contribution in [0.5, 0.6) is 5.75 Å². The van der Waals surface area contributed by atoms with Crippen molar-refractivity contribution >= 4 is 0 Å². The van der Waals surface area contributed by atoms with Crippen LogP contribution in [0.15, 0.2) is 24.3 Å². The number of likely N-dealkylation sites (N-methyl/N-ethyl adjacent to an activating group) is 1. The van der Waals surface area contributed by atoms with Crippen molar-refractivity contribution in [1.82, 2.24) is 4.90 Å². The van der Waals surface area contributed by atoms with Crippen molar-refractivity contribution in [2.45, 2.75) is 12.1 Å². The molecule has 1 aliphatic heterocycles. The van der Waals surface area contributed by atoms with E-state index in [1.807, 2.05) is 11.9 Å². The molecule has 0 saturated carbocycles. The maximum Gasteiger partial charge on any atom is 0.149 e. The van der Waals surface area contributed by atoms with Gasteiger partial charge in [-0.1, -0.05) is 12.1 Å². The Morgan fingerprint density at radius 3 is 2.50 bits per heavy atom. The lowest BCUT2D eigenvalue weighted by molar-refractivity contribution is 0.174. The monoisotopic (exact) mass is 195 g/mol. The Hall–Kier alpha value is -1.09. The highest BCUT2D eigenvalue weighted by Gasteiger charge is 2.38. The molecule has 1 unspecified atom stereocenters. The highest BCUT2D eigenvalue weighted by molar-refractivity contribution is 5.31. The molecule has 0 spiro atoms. The lowest BCUT2D eigenvalue weighted by Gasteiger charge is -2.19. The van der Waals surface area contributed by atoms with Gasteiger partial charge in [-0.15, -0.1) is 0 Å². The SMILES string of the molecule is CN1CCC(F)(c2ccc(O)cc2)C1. The minimum atomic E-state index is -1.23. The summed E-state index contributed by atoms with van der Waals surface area (Å²) in [4.78, 5) is 1.98. The van der Waals surface area contributed by atoms with E-state index in [0.717, 1.165) is 6.54 Å². The molecule has 3 heteroatoms. The van der Waals surface area contributed by atoms with Crippen molar-refractivity contribution in [2.24, 2.45) is 0 Å². The molecule has 2 rings (SSSR count). The van der Waals surface area contributed by atoms with Crippen LogP contribution in [0.4, 0.5) is 4.39 Å². The molecule has 0 bridgehead atoms. The summed E-state index contributed by atoms with van der Waals surface area (Å²) in [7, 11) is 1.92. The second kappa shape index (κ2) is 3.24. The molecular weight excluding hydrogens is 181 g/mol. The number of hydrogen-bond acceptors (Lipinski definition) is 2. The Morgan fingerprint density at radius 2 is 2.00 bits per heavy atom. The first-order chi connectivity index (χ1) is 6.60. The largest absolute Gasteiger partial charge is 0.508 e. The van der Waals surface area contributed by atoms with Crippen molar-refractivity contribution in [1.29, 1.82) is 0 Å². The molecule has 1 saturated heterocycles. The Morgan fingerprint density at radius 1 is 1.36 bits per heavy atom. The normalized spacial score (nSPS) is 28.1. The number of nitrogens with zero attached hydrogens (tertiary/aromatic N) is 1. The second-order valence-electron chi connectivity index (χ2n) is 4.00. The average molecular weight is 195 g/mol. The van der Waals surface area contributed by atoms with E-state index in [9.17, 15) is 4.39 Å². The van der Waals surface area contributed by atoms with Gasteiger partial charge >= 0.3 is 0 Å². The predicted octanol–water partition coefficient (Wildman–Crippen LogP) is 1.89. The van der Waals surface area contributed by atoms with Crippen molar-refractivity contribution in [3.8, 4) is 5.75 Å². The van der Waals surface area contributed by atoms with Crippen molar-refractivity contribution < 1.29 is 9.50 Å². The van der Waals surface area contributed by atoms with Crippen molar-refractivity contribution in [3.05, 3.63) is 29.8 Å². The van der Waals surface area contributed by atoms with Gasteiger partial charge in [-0.25, -0.2) is 4.39 Å². The van der Waals surface area contributed by atoms with Crippen LogP contribution in [0.3, 0.4) is 0 Å². The highest BCUT2D eigenvalue weighted by Crippen LogP contribution is 2.35. The lowest BCUT2D eigenvalue weighted by Crippen LogP contribution is -2.24. The molecule has 1 atom stereocenters. The first-order valence-corrected chi connectivity index (χ1v) is 4.77. The molecule has 1 aromatic rings. The molecular formula is C11H14FNO. The topological polar surface area (TPSA) is 23.5 Å². The number of hydrogen-bond donors (Lipinski definition) is 1. The third-order valence-electron chi connectivity index (χ3n) is 2.79. The molecule has 0 aliphatic carbocycles. The van der Waals surface area contributed by atoms with Gasteiger partial charge in [-0.3, -0.25) is 0 Å². The third-order valence-corrected chi connectivity index (χ3v) is 2.79. The van der Waals surface area contributed by atoms with E-state index in [2.05, 4.69) is 0 Å². The van der Waals surface area contributed by atoms with Gasteiger partial charge in [0, 0.05) is 13.1 Å². The Kier molecular flexibility index (Phi) is 2.19. The number of rotatable bonds is 1. The van der Waals surface area contributed by atoms with E-state index in [-0.39, 0.29) is 5.75 Å². The predicted molar refractivity (Wildman–Crippen MR) is 53.0 cm³/mol.